The van der Waals surface area contributed by atoms with Crippen molar-refractivity contribution in [3.05, 3.63) is 40.1 Å². The molecule has 0 amide bonds. The summed E-state index contributed by atoms with van der Waals surface area (Å²) >= 11 is 3.32. The highest BCUT2D eigenvalue weighted by Gasteiger charge is 2.18. The Bertz CT molecular complexity index is 603. The lowest BCUT2D eigenvalue weighted by Crippen LogP contribution is -2.09. The second-order valence-electron chi connectivity index (χ2n) is 3.86. The first kappa shape index (κ1) is 13.6. The lowest BCUT2D eigenvalue weighted by atomic mass is 10.1. The number of carbonyl (C=O) groups is 1. The molecular formula is C13H13BrN2O3. The predicted octanol–water partition coefficient (Wildman–Crippen LogP) is 2.43. The molecule has 0 fully saturated rings. The van der Waals surface area contributed by atoms with Crippen LogP contribution in [0.2, 0.25) is 0 Å². The molecule has 0 saturated carbocycles. The van der Waals surface area contributed by atoms with Crippen LogP contribution in [0.15, 0.2) is 28.9 Å². The quantitative estimate of drug-likeness (QED) is 0.810. The third-order valence-corrected chi connectivity index (χ3v) is 3.34. The van der Waals surface area contributed by atoms with Gasteiger partial charge in [0.2, 0.25) is 5.78 Å². The summed E-state index contributed by atoms with van der Waals surface area (Å²) in [5, 5.41) is 4.03. The van der Waals surface area contributed by atoms with Crippen molar-refractivity contribution in [2.24, 2.45) is 7.05 Å². The molecule has 0 aliphatic rings. The number of nitrogens with zero attached hydrogens (tertiary/aromatic N) is 2. The summed E-state index contributed by atoms with van der Waals surface area (Å²) in [5.74, 6) is 0.975. The van der Waals surface area contributed by atoms with Crippen molar-refractivity contribution in [3.63, 3.8) is 0 Å². The first-order chi connectivity index (χ1) is 9.08. The second kappa shape index (κ2) is 5.44. The molecule has 0 spiro atoms. The van der Waals surface area contributed by atoms with Gasteiger partial charge in [0.25, 0.3) is 0 Å². The molecule has 2 aromatic rings. The van der Waals surface area contributed by atoms with Crippen molar-refractivity contribution in [2.75, 3.05) is 14.2 Å². The maximum Gasteiger partial charge on any atom is 0.212 e. The van der Waals surface area contributed by atoms with Gasteiger partial charge in [0.15, 0.2) is 11.5 Å². The number of carbonyl (C=O) groups excluding carboxylic acids is 1. The predicted molar refractivity (Wildman–Crippen MR) is 73.9 cm³/mol. The Morgan fingerprint density at radius 2 is 1.95 bits per heavy atom. The number of halogens is 1. The smallest absolute Gasteiger partial charge is 0.212 e. The van der Waals surface area contributed by atoms with E-state index in [-0.39, 0.29) is 5.78 Å². The SMILES string of the molecule is COc1ccc(C(=O)c2c(Br)cnn2C)cc1OC. The van der Waals surface area contributed by atoms with Gasteiger partial charge in [-0.25, -0.2) is 0 Å². The average molecular weight is 325 g/mol. The van der Waals surface area contributed by atoms with Crippen molar-refractivity contribution in [1.29, 1.82) is 0 Å². The van der Waals surface area contributed by atoms with E-state index in [0.29, 0.717) is 27.2 Å². The number of aryl methyl sites for hydroxylation is 1. The number of hydrogen-bond donors (Lipinski definition) is 0. The number of rotatable bonds is 4. The van der Waals surface area contributed by atoms with E-state index in [1.54, 1.807) is 38.6 Å². The van der Waals surface area contributed by atoms with Crippen LogP contribution in [0.1, 0.15) is 16.1 Å². The number of hydrogen-bond acceptors (Lipinski definition) is 4. The Morgan fingerprint density at radius 3 is 2.47 bits per heavy atom. The standard InChI is InChI=1S/C13H13BrN2O3/c1-16-12(9(14)7-15-16)13(17)8-4-5-10(18-2)11(6-8)19-3/h4-7H,1-3H3. The van der Waals surface area contributed by atoms with Crippen molar-refractivity contribution < 1.29 is 14.3 Å². The van der Waals surface area contributed by atoms with E-state index in [2.05, 4.69) is 21.0 Å². The fourth-order valence-electron chi connectivity index (χ4n) is 1.78. The minimum absolute atomic E-state index is 0.132. The molecule has 5 nitrogen and oxygen atoms in total. The van der Waals surface area contributed by atoms with Gasteiger partial charge in [-0.15, -0.1) is 0 Å². The Balaban J connectivity index is 2.45. The molecule has 0 bridgehead atoms. The summed E-state index contributed by atoms with van der Waals surface area (Å²) in [5.41, 5.74) is 1.01. The molecule has 1 heterocycles. The summed E-state index contributed by atoms with van der Waals surface area (Å²) in [7, 11) is 4.81. The van der Waals surface area contributed by atoms with E-state index in [0.717, 1.165) is 0 Å². The minimum Gasteiger partial charge on any atom is -0.493 e. The van der Waals surface area contributed by atoms with E-state index < -0.39 is 0 Å². The third kappa shape index (κ3) is 2.49. The zero-order valence-corrected chi connectivity index (χ0v) is 12.4. The van der Waals surface area contributed by atoms with Crippen molar-refractivity contribution >= 4 is 21.7 Å². The number of ether oxygens (including phenoxy) is 2. The highest BCUT2D eigenvalue weighted by Crippen LogP contribution is 2.29. The molecule has 2 rings (SSSR count). The van der Waals surface area contributed by atoms with Gasteiger partial charge in [-0.3, -0.25) is 9.48 Å². The molecule has 0 radical (unpaired) electrons. The molecule has 0 aliphatic heterocycles. The molecule has 0 saturated heterocycles. The van der Waals surface area contributed by atoms with Crippen molar-refractivity contribution in [3.8, 4) is 11.5 Å². The lowest BCUT2D eigenvalue weighted by Gasteiger charge is -2.09. The van der Waals surface area contributed by atoms with Crippen molar-refractivity contribution in [1.82, 2.24) is 9.78 Å². The molecule has 19 heavy (non-hydrogen) atoms. The molecule has 0 atom stereocenters. The molecule has 100 valence electrons. The summed E-state index contributed by atoms with van der Waals surface area (Å²) in [6.45, 7) is 0. The maximum absolute atomic E-state index is 12.4. The first-order valence-corrected chi connectivity index (χ1v) is 6.32. The van der Waals surface area contributed by atoms with Gasteiger partial charge >= 0.3 is 0 Å². The van der Waals surface area contributed by atoms with Crippen LogP contribution in [0.25, 0.3) is 0 Å². The van der Waals surface area contributed by atoms with E-state index in [1.807, 2.05) is 0 Å². The number of benzene rings is 1. The Labute approximate surface area is 119 Å². The van der Waals surface area contributed by atoms with Gasteiger partial charge in [0, 0.05) is 12.6 Å². The summed E-state index contributed by atoms with van der Waals surface area (Å²) < 4.78 is 12.5. The van der Waals surface area contributed by atoms with Gasteiger partial charge in [-0.2, -0.15) is 5.10 Å². The van der Waals surface area contributed by atoms with Crippen LogP contribution >= 0.6 is 15.9 Å². The highest BCUT2D eigenvalue weighted by molar-refractivity contribution is 9.10. The molecule has 0 unspecified atom stereocenters. The monoisotopic (exact) mass is 324 g/mol. The summed E-state index contributed by atoms with van der Waals surface area (Å²) in [6, 6.07) is 5.06. The zero-order chi connectivity index (χ0) is 14.0. The van der Waals surface area contributed by atoms with Crippen molar-refractivity contribution in [2.45, 2.75) is 0 Å². The molecule has 0 aliphatic carbocycles. The van der Waals surface area contributed by atoms with Crippen LogP contribution in [0.4, 0.5) is 0 Å². The van der Waals surface area contributed by atoms with Crippen LogP contribution in [-0.4, -0.2) is 29.8 Å². The zero-order valence-electron chi connectivity index (χ0n) is 10.8. The van der Waals surface area contributed by atoms with E-state index >= 15 is 0 Å². The van der Waals surface area contributed by atoms with E-state index in [4.69, 9.17) is 9.47 Å². The van der Waals surface area contributed by atoms with Gasteiger partial charge in [-0.1, -0.05) is 0 Å². The Kier molecular flexibility index (Phi) is 3.90. The van der Waals surface area contributed by atoms with Gasteiger partial charge < -0.3 is 9.47 Å². The van der Waals surface area contributed by atoms with E-state index in [1.165, 1.54) is 11.8 Å². The minimum atomic E-state index is -0.132. The molecule has 1 aromatic carbocycles. The first-order valence-electron chi connectivity index (χ1n) is 5.52. The Morgan fingerprint density at radius 1 is 1.26 bits per heavy atom. The number of aromatic nitrogens is 2. The lowest BCUT2D eigenvalue weighted by molar-refractivity contribution is 0.102. The van der Waals surface area contributed by atoms with Gasteiger partial charge in [0.05, 0.1) is 24.9 Å². The second-order valence-corrected chi connectivity index (χ2v) is 4.72. The molecular weight excluding hydrogens is 312 g/mol. The van der Waals surface area contributed by atoms with Crippen LogP contribution < -0.4 is 9.47 Å². The normalized spacial score (nSPS) is 10.3. The fraction of sp³-hybridized carbons (Fsp3) is 0.231. The average Bonchev–Trinajstić information content (AvgIpc) is 2.76. The molecule has 0 N–H and O–H groups in total. The Hall–Kier alpha value is -1.82. The highest BCUT2D eigenvalue weighted by atomic mass is 79.9. The third-order valence-electron chi connectivity index (χ3n) is 2.75. The molecule has 1 aromatic heterocycles. The number of methoxy groups -OCH3 is 2. The van der Waals surface area contributed by atoms with Gasteiger partial charge in [-0.05, 0) is 34.1 Å². The largest absolute Gasteiger partial charge is 0.493 e. The summed E-state index contributed by atoms with van der Waals surface area (Å²) in [4.78, 5) is 12.4. The fourth-order valence-corrected chi connectivity index (χ4v) is 2.31. The molecule has 6 heteroatoms. The number of ketones is 1. The summed E-state index contributed by atoms with van der Waals surface area (Å²) in [6.07, 6.45) is 1.59. The van der Waals surface area contributed by atoms with Crippen LogP contribution in [-0.2, 0) is 7.05 Å². The van der Waals surface area contributed by atoms with Crippen LogP contribution in [0, 0.1) is 0 Å². The van der Waals surface area contributed by atoms with Gasteiger partial charge in [0.1, 0.15) is 5.69 Å². The van der Waals surface area contributed by atoms with Crippen LogP contribution in [0.3, 0.4) is 0 Å². The maximum atomic E-state index is 12.4. The van der Waals surface area contributed by atoms with Crippen LogP contribution in [0.5, 0.6) is 11.5 Å². The topological polar surface area (TPSA) is 53.3 Å². The van der Waals surface area contributed by atoms with E-state index in [9.17, 15) is 4.79 Å².